The highest BCUT2D eigenvalue weighted by atomic mass is 32.3. The van der Waals surface area contributed by atoms with E-state index < -0.39 is 59.8 Å². The van der Waals surface area contributed by atoms with Gasteiger partial charge in [0.1, 0.15) is 30.5 Å². The molecule has 1 fully saturated rings. The van der Waals surface area contributed by atoms with E-state index in [-0.39, 0.29) is 19.6 Å². The van der Waals surface area contributed by atoms with Gasteiger partial charge in [0.05, 0.1) is 19.8 Å². The number of unbranched alkanes of at least 4 members (excludes halogenated alkanes) is 20. The number of aliphatic hydroxyl groups excluding tert-OH is 3. The summed E-state index contributed by atoms with van der Waals surface area (Å²) in [6, 6.07) is 0. The smallest absolute Gasteiger partial charge is 0.397 e. The molecular weight excluding hydrogens is 692 g/mol. The van der Waals surface area contributed by atoms with Gasteiger partial charge in [-0.1, -0.05) is 135 Å². The Kier molecular flexibility index (Phi) is 30.2. The number of rotatable bonds is 35. The van der Waals surface area contributed by atoms with Crippen molar-refractivity contribution in [2.24, 2.45) is 0 Å². The van der Waals surface area contributed by atoms with Gasteiger partial charge < -0.3 is 34.3 Å². The molecule has 4 N–H and O–H groups in total. The van der Waals surface area contributed by atoms with Crippen LogP contribution >= 0.6 is 0 Å². The predicted molar refractivity (Wildman–Crippen MR) is 202 cm³/mol. The van der Waals surface area contributed by atoms with Crippen LogP contribution in [0.2, 0.25) is 0 Å². The maximum absolute atomic E-state index is 12.7. The third-order valence-electron chi connectivity index (χ3n) is 9.39. The van der Waals surface area contributed by atoms with Gasteiger partial charge in [0.2, 0.25) is 0 Å². The van der Waals surface area contributed by atoms with Crippen molar-refractivity contribution in [3.63, 3.8) is 0 Å². The first-order valence-electron chi connectivity index (χ1n) is 20.4. The minimum absolute atomic E-state index is 0.0361. The van der Waals surface area contributed by atoms with E-state index in [4.69, 9.17) is 23.5 Å². The molecule has 0 saturated carbocycles. The van der Waals surface area contributed by atoms with Crippen LogP contribution in [0.1, 0.15) is 168 Å². The summed E-state index contributed by atoms with van der Waals surface area (Å²) in [7, 11) is -5.05. The molecule has 0 amide bonds. The van der Waals surface area contributed by atoms with E-state index >= 15 is 0 Å². The molecule has 1 aliphatic heterocycles. The van der Waals surface area contributed by atoms with Gasteiger partial charge >= 0.3 is 16.4 Å². The van der Waals surface area contributed by atoms with Gasteiger partial charge in [-0.25, -0.2) is 4.18 Å². The topological polar surface area (TPSA) is 178 Å². The summed E-state index contributed by atoms with van der Waals surface area (Å²) in [5.41, 5.74) is 0. The molecule has 0 spiro atoms. The molecule has 0 bridgehead atoms. The predicted octanol–water partition coefficient (Wildman–Crippen LogP) is 7.52. The average Bonchev–Trinajstić information content (AvgIpc) is 3.11. The van der Waals surface area contributed by atoms with Crippen molar-refractivity contribution in [2.45, 2.75) is 205 Å². The number of carbonyl (C=O) groups is 1. The molecule has 6 atom stereocenters. The van der Waals surface area contributed by atoms with Gasteiger partial charge in [-0.3, -0.25) is 9.35 Å². The maximum atomic E-state index is 12.7. The number of esters is 1. The molecule has 308 valence electrons. The van der Waals surface area contributed by atoms with Gasteiger partial charge in [-0.2, -0.15) is 8.42 Å². The normalized spacial score (nSPS) is 21.5. The number of allylic oxidation sites excluding steroid dienone is 2. The van der Waals surface area contributed by atoms with E-state index in [0.717, 1.165) is 44.9 Å². The molecule has 0 aromatic heterocycles. The quantitative estimate of drug-likeness (QED) is 0.0216. The second-order valence-electron chi connectivity index (χ2n) is 14.2. The molecule has 1 saturated heterocycles. The molecule has 1 aliphatic rings. The first-order valence-corrected chi connectivity index (χ1v) is 21.8. The van der Waals surface area contributed by atoms with E-state index in [1.165, 1.54) is 96.3 Å². The second-order valence-corrected chi connectivity index (χ2v) is 15.3. The monoisotopic (exact) mass is 766 g/mol. The van der Waals surface area contributed by atoms with E-state index in [2.05, 4.69) is 30.2 Å². The van der Waals surface area contributed by atoms with E-state index in [1.54, 1.807) is 0 Å². The zero-order valence-electron chi connectivity index (χ0n) is 32.4. The molecule has 52 heavy (non-hydrogen) atoms. The molecule has 0 aliphatic carbocycles. The van der Waals surface area contributed by atoms with Crippen LogP contribution in [0, 0.1) is 0 Å². The third-order valence-corrected chi connectivity index (χ3v) is 9.85. The molecule has 6 unspecified atom stereocenters. The fourth-order valence-electron chi connectivity index (χ4n) is 6.25. The standard InChI is InChI=1S/C39H74O12S/c1-3-5-7-9-11-13-14-15-16-17-18-19-21-23-25-27-29-47-31-33(49-35(41)28-26-24-22-20-12-10-8-6-4-2)32-48-39-37(43)38(51-52(44,45)46)36(42)34(30-40)50-39/h15-16,33-34,36-40,42-43H,3-14,17-32H2,1-2H3,(H,44,45,46)/b16-15-. The Hall–Kier alpha value is -1.16. The van der Waals surface area contributed by atoms with E-state index in [1.807, 2.05) is 0 Å². The summed E-state index contributed by atoms with van der Waals surface area (Å²) in [4.78, 5) is 12.7. The van der Waals surface area contributed by atoms with Crippen molar-refractivity contribution in [1.29, 1.82) is 0 Å². The molecule has 1 rings (SSSR count). The minimum Gasteiger partial charge on any atom is -0.457 e. The van der Waals surface area contributed by atoms with Gasteiger partial charge in [-0.05, 0) is 38.5 Å². The summed E-state index contributed by atoms with van der Waals surface area (Å²) in [6.45, 7) is 3.94. The lowest BCUT2D eigenvalue weighted by atomic mass is 9.99. The molecular formula is C39H74O12S. The molecule has 0 aromatic rings. The van der Waals surface area contributed by atoms with Crippen LogP contribution in [0.5, 0.6) is 0 Å². The summed E-state index contributed by atoms with van der Waals surface area (Å²) in [5.74, 6) is -0.404. The Bertz CT molecular complexity index is 978. The second kappa shape index (κ2) is 32.1. The highest BCUT2D eigenvalue weighted by Gasteiger charge is 2.48. The Morgan fingerprint density at radius 2 is 1.21 bits per heavy atom. The van der Waals surface area contributed by atoms with Crippen LogP contribution in [-0.4, -0.2) is 97.5 Å². The SMILES string of the molecule is CCCCCCCC/C=C\CCCCCCCCOCC(COC1OC(CO)C(O)C(OS(=O)(=O)O)C1O)OC(=O)CCCCCCCCCCC. The Labute approximate surface area is 315 Å². The molecule has 0 aromatic carbocycles. The Morgan fingerprint density at radius 3 is 1.73 bits per heavy atom. The van der Waals surface area contributed by atoms with E-state index in [0.29, 0.717) is 13.0 Å². The lowest BCUT2D eigenvalue weighted by Crippen LogP contribution is -2.60. The van der Waals surface area contributed by atoms with Gasteiger partial charge in [0.25, 0.3) is 0 Å². The largest absolute Gasteiger partial charge is 0.457 e. The van der Waals surface area contributed by atoms with Gasteiger partial charge in [0, 0.05) is 13.0 Å². The highest BCUT2D eigenvalue weighted by molar-refractivity contribution is 7.80. The fourth-order valence-corrected chi connectivity index (χ4v) is 6.76. The fraction of sp³-hybridized carbons (Fsp3) is 0.923. The number of carbonyl (C=O) groups excluding carboxylic acids is 1. The number of aliphatic hydroxyl groups is 3. The molecule has 0 radical (unpaired) electrons. The Balaban J connectivity index is 2.45. The van der Waals surface area contributed by atoms with Crippen LogP contribution in [0.4, 0.5) is 0 Å². The first-order chi connectivity index (χ1) is 25.1. The highest BCUT2D eigenvalue weighted by Crippen LogP contribution is 2.26. The van der Waals surface area contributed by atoms with Crippen molar-refractivity contribution in [3.05, 3.63) is 12.2 Å². The summed E-state index contributed by atoms with van der Waals surface area (Å²) in [6.07, 6.45) is 22.6. The molecule has 13 heteroatoms. The number of hydrogen-bond acceptors (Lipinski definition) is 11. The lowest BCUT2D eigenvalue weighted by Gasteiger charge is -2.41. The minimum atomic E-state index is -5.05. The zero-order valence-corrected chi connectivity index (χ0v) is 33.2. The average molecular weight is 767 g/mol. The van der Waals surface area contributed by atoms with Gasteiger partial charge in [-0.15, -0.1) is 0 Å². The van der Waals surface area contributed by atoms with Crippen LogP contribution in [0.15, 0.2) is 12.2 Å². The van der Waals surface area contributed by atoms with Crippen molar-refractivity contribution in [1.82, 2.24) is 0 Å². The third kappa shape index (κ3) is 25.8. The van der Waals surface area contributed by atoms with Gasteiger partial charge in [0.15, 0.2) is 6.29 Å². The number of ether oxygens (including phenoxy) is 4. The van der Waals surface area contributed by atoms with Crippen molar-refractivity contribution in [2.75, 3.05) is 26.4 Å². The molecule has 12 nitrogen and oxygen atoms in total. The first kappa shape index (κ1) is 48.9. The van der Waals surface area contributed by atoms with E-state index in [9.17, 15) is 28.5 Å². The van der Waals surface area contributed by atoms with Crippen molar-refractivity contribution >= 4 is 16.4 Å². The lowest BCUT2D eigenvalue weighted by molar-refractivity contribution is -0.301. The van der Waals surface area contributed by atoms with Crippen LogP contribution in [0.25, 0.3) is 0 Å². The van der Waals surface area contributed by atoms with Crippen molar-refractivity contribution in [3.8, 4) is 0 Å². The van der Waals surface area contributed by atoms with Crippen LogP contribution in [-0.2, 0) is 38.3 Å². The Morgan fingerprint density at radius 1 is 0.712 bits per heavy atom. The molecule has 1 heterocycles. The summed E-state index contributed by atoms with van der Waals surface area (Å²) in [5, 5.41) is 30.5. The summed E-state index contributed by atoms with van der Waals surface area (Å²) < 4.78 is 58.8. The van der Waals surface area contributed by atoms with Crippen LogP contribution < -0.4 is 0 Å². The number of hydrogen-bond donors (Lipinski definition) is 4. The maximum Gasteiger partial charge on any atom is 0.397 e. The zero-order chi connectivity index (χ0) is 38.3. The van der Waals surface area contributed by atoms with Crippen molar-refractivity contribution < 1.29 is 56.2 Å². The summed E-state index contributed by atoms with van der Waals surface area (Å²) >= 11 is 0. The van der Waals surface area contributed by atoms with Crippen LogP contribution in [0.3, 0.4) is 0 Å².